The molecule has 5 nitrogen and oxygen atoms in total. The first-order valence-corrected chi connectivity index (χ1v) is 5.47. The van der Waals surface area contributed by atoms with Crippen LogP contribution in [0.1, 0.15) is 25.7 Å². The minimum Gasteiger partial charge on any atom is -0.352 e. The van der Waals surface area contributed by atoms with Gasteiger partial charge in [0.1, 0.15) is 5.78 Å². The Hall–Kier alpha value is -1.10. The molecule has 2 unspecified atom stereocenters. The van der Waals surface area contributed by atoms with Crippen LogP contribution < -0.4 is 11.1 Å². The second kappa shape index (κ2) is 4.18. The molecule has 2 heterocycles. The van der Waals surface area contributed by atoms with Crippen molar-refractivity contribution in [2.24, 2.45) is 5.73 Å². The second-order valence-corrected chi connectivity index (χ2v) is 4.36. The number of primary amides is 1. The zero-order valence-corrected chi connectivity index (χ0v) is 8.74. The fourth-order valence-corrected chi connectivity index (χ4v) is 2.74. The Morgan fingerprint density at radius 1 is 1.40 bits per heavy atom. The van der Waals surface area contributed by atoms with Gasteiger partial charge >= 0.3 is 6.03 Å². The van der Waals surface area contributed by atoms with E-state index in [0.717, 1.165) is 19.4 Å². The van der Waals surface area contributed by atoms with Crippen LogP contribution in [0.3, 0.4) is 0 Å². The van der Waals surface area contributed by atoms with Gasteiger partial charge in [-0.2, -0.15) is 0 Å². The number of piperidine rings is 1. The highest BCUT2D eigenvalue weighted by atomic mass is 16.2. The van der Waals surface area contributed by atoms with Crippen LogP contribution in [0.25, 0.3) is 0 Å². The summed E-state index contributed by atoms with van der Waals surface area (Å²) in [5.41, 5.74) is 4.99. The predicted molar refractivity (Wildman–Crippen MR) is 55.3 cm³/mol. The van der Waals surface area contributed by atoms with Crippen LogP contribution in [0.2, 0.25) is 0 Å². The zero-order valence-electron chi connectivity index (χ0n) is 8.74. The summed E-state index contributed by atoms with van der Waals surface area (Å²) in [6, 6.07) is 0.340. The average Bonchev–Trinajstić information content (AvgIpc) is 2.42. The molecule has 2 bridgehead atoms. The van der Waals surface area contributed by atoms with Crippen LogP contribution in [0.4, 0.5) is 4.79 Å². The smallest absolute Gasteiger partial charge is 0.312 e. The molecular weight excluding hydrogens is 194 g/mol. The quantitative estimate of drug-likeness (QED) is 0.681. The Morgan fingerprint density at radius 2 is 2.00 bits per heavy atom. The first kappa shape index (κ1) is 10.4. The van der Waals surface area contributed by atoms with Gasteiger partial charge in [0, 0.05) is 38.0 Å². The SMILES string of the molecule is NC(=O)NCCN1C2CCC1CC(=O)C2. The lowest BCUT2D eigenvalue weighted by atomic mass is 10.0. The number of urea groups is 1. The summed E-state index contributed by atoms with van der Waals surface area (Å²) in [5.74, 6) is 0.390. The molecule has 0 radical (unpaired) electrons. The maximum atomic E-state index is 11.3. The van der Waals surface area contributed by atoms with Crippen molar-refractivity contribution in [3.05, 3.63) is 0 Å². The van der Waals surface area contributed by atoms with E-state index in [1.54, 1.807) is 0 Å². The number of hydrogen-bond acceptors (Lipinski definition) is 3. The molecule has 0 aromatic rings. The lowest BCUT2D eigenvalue weighted by molar-refractivity contribution is -0.123. The van der Waals surface area contributed by atoms with Crippen LogP contribution in [0.15, 0.2) is 0 Å². The van der Waals surface area contributed by atoms with Crippen molar-refractivity contribution in [2.45, 2.75) is 37.8 Å². The second-order valence-electron chi connectivity index (χ2n) is 4.36. The number of hydrogen-bond donors (Lipinski definition) is 2. The third-order valence-corrected chi connectivity index (χ3v) is 3.37. The van der Waals surface area contributed by atoms with Crippen LogP contribution >= 0.6 is 0 Å². The molecule has 2 saturated heterocycles. The van der Waals surface area contributed by atoms with Gasteiger partial charge < -0.3 is 11.1 Å². The van der Waals surface area contributed by atoms with Crippen LogP contribution in [0.5, 0.6) is 0 Å². The fourth-order valence-electron chi connectivity index (χ4n) is 2.74. The summed E-state index contributed by atoms with van der Waals surface area (Å²) >= 11 is 0. The van der Waals surface area contributed by atoms with Crippen molar-refractivity contribution >= 4 is 11.8 Å². The number of nitrogens with two attached hydrogens (primary N) is 1. The first-order valence-electron chi connectivity index (χ1n) is 5.47. The van der Waals surface area contributed by atoms with E-state index in [4.69, 9.17) is 5.73 Å². The number of carbonyl (C=O) groups excluding carboxylic acids is 2. The van der Waals surface area contributed by atoms with Crippen molar-refractivity contribution in [1.82, 2.24) is 10.2 Å². The fraction of sp³-hybridized carbons (Fsp3) is 0.800. The van der Waals surface area contributed by atoms with E-state index >= 15 is 0 Å². The maximum Gasteiger partial charge on any atom is 0.312 e. The van der Waals surface area contributed by atoms with E-state index in [1.165, 1.54) is 0 Å². The summed E-state index contributed by atoms with van der Waals surface area (Å²) in [7, 11) is 0. The molecule has 0 saturated carbocycles. The van der Waals surface area contributed by atoms with E-state index in [0.29, 0.717) is 37.3 Å². The predicted octanol–water partition coefficient (Wildman–Crippen LogP) is -0.149. The Bertz CT molecular complexity index is 264. The van der Waals surface area contributed by atoms with Crippen LogP contribution in [-0.4, -0.2) is 41.9 Å². The molecule has 2 amide bonds. The number of rotatable bonds is 3. The molecule has 2 aliphatic heterocycles. The Morgan fingerprint density at radius 3 is 2.53 bits per heavy atom. The lowest BCUT2D eigenvalue weighted by Crippen LogP contribution is -2.47. The van der Waals surface area contributed by atoms with Gasteiger partial charge in [-0.1, -0.05) is 0 Å². The summed E-state index contributed by atoms with van der Waals surface area (Å²) in [5, 5.41) is 2.59. The zero-order chi connectivity index (χ0) is 10.8. The number of nitrogens with one attached hydrogen (secondary N) is 1. The van der Waals surface area contributed by atoms with Crippen LogP contribution in [-0.2, 0) is 4.79 Å². The minimum atomic E-state index is -0.476. The number of amides is 2. The van der Waals surface area contributed by atoms with E-state index in [9.17, 15) is 9.59 Å². The Kier molecular flexibility index (Phi) is 2.90. The molecule has 2 fully saturated rings. The normalized spacial score (nSPS) is 30.5. The largest absolute Gasteiger partial charge is 0.352 e. The van der Waals surface area contributed by atoms with Crippen molar-refractivity contribution in [1.29, 1.82) is 0 Å². The number of nitrogens with zero attached hydrogens (tertiary/aromatic N) is 1. The summed E-state index contributed by atoms with van der Waals surface area (Å²) in [4.78, 5) is 24.2. The summed E-state index contributed by atoms with van der Waals surface area (Å²) < 4.78 is 0. The standard InChI is InChI=1S/C10H17N3O2/c11-10(15)12-3-4-13-7-1-2-8(13)6-9(14)5-7/h7-8H,1-6H2,(H3,11,12,15). The molecule has 2 aliphatic rings. The highest BCUT2D eigenvalue weighted by Crippen LogP contribution is 2.33. The monoisotopic (exact) mass is 211 g/mol. The van der Waals surface area contributed by atoms with Gasteiger partial charge in [-0.05, 0) is 12.8 Å². The third kappa shape index (κ3) is 2.28. The number of ketones is 1. The molecule has 0 spiro atoms. The first-order chi connectivity index (χ1) is 7.16. The third-order valence-electron chi connectivity index (χ3n) is 3.37. The molecule has 15 heavy (non-hydrogen) atoms. The average molecular weight is 211 g/mol. The van der Waals surface area contributed by atoms with Gasteiger partial charge in [0.15, 0.2) is 0 Å². The molecule has 3 N–H and O–H groups in total. The van der Waals surface area contributed by atoms with Crippen LogP contribution in [0, 0.1) is 0 Å². The molecule has 84 valence electrons. The number of fused-ring (bicyclic) bond motifs is 2. The summed E-state index contributed by atoms with van der Waals surface area (Å²) in [6.07, 6.45) is 3.61. The van der Waals surface area contributed by atoms with Crippen molar-refractivity contribution in [3.8, 4) is 0 Å². The Balaban J connectivity index is 1.83. The highest BCUT2D eigenvalue weighted by molar-refractivity contribution is 5.81. The van der Waals surface area contributed by atoms with Crippen molar-refractivity contribution in [3.63, 3.8) is 0 Å². The van der Waals surface area contributed by atoms with Gasteiger partial charge in [-0.15, -0.1) is 0 Å². The molecular formula is C10H17N3O2. The molecule has 0 aromatic carbocycles. The van der Waals surface area contributed by atoms with Gasteiger partial charge in [0.05, 0.1) is 0 Å². The summed E-state index contributed by atoms with van der Waals surface area (Å²) in [6.45, 7) is 1.39. The molecule has 0 aliphatic carbocycles. The molecule has 2 atom stereocenters. The van der Waals surface area contributed by atoms with E-state index in [2.05, 4.69) is 10.2 Å². The topological polar surface area (TPSA) is 75.4 Å². The van der Waals surface area contributed by atoms with E-state index < -0.39 is 6.03 Å². The van der Waals surface area contributed by atoms with Gasteiger partial charge in [0.2, 0.25) is 0 Å². The van der Waals surface area contributed by atoms with Gasteiger partial charge in [0.25, 0.3) is 0 Å². The minimum absolute atomic E-state index is 0.390. The maximum absolute atomic E-state index is 11.3. The van der Waals surface area contributed by atoms with Crippen molar-refractivity contribution in [2.75, 3.05) is 13.1 Å². The molecule has 0 aromatic heterocycles. The molecule has 2 rings (SSSR count). The van der Waals surface area contributed by atoms with Gasteiger partial charge in [-0.3, -0.25) is 9.69 Å². The highest BCUT2D eigenvalue weighted by Gasteiger charge is 2.39. The lowest BCUT2D eigenvalue weighted by Gasteiger charge is -2.33. The van der Waals surface area contributed by atoms with E-state index in [1.807, 2.05) is 0 Å². The molecule has 5 heteroatoms. The van der Waals surface area contributed by atoms with E-state index in [-0.39, 0.29) is 0 Å². The van der Waals surface area contributed by atoms with Gasteiger partial charge in [-0.25, -0.2) is 4.79 Å². The number of carbonyl (C=O) groups is 2. The van der Waals surface area contributed by atoms with Crippen molar-refractivity contribution < 1.29 is 9.59 Å². The number of Topliss-reactive ketones (excluding diaryl/α,β-unsaturated/α-hetero) is 1. The Labute approximate surface area is 89.0 Å².